The lowest BCUT2D eigenvalue weighted by atomic mass is 9.86. The van der Waals surface area contributed by atoms with E-state index in [1.807, 2.05) is 0 Å². The molecule has 2 saturated carbocycles. The summed E-state index contributed by atoms with van der Waals surface area (Å²) in [7, 11) is -3.52. The number of hydrazine groups is 1. The largest absolute Gasteiger partial charge is 0.358 e. The first-order chi connectivity index (χ1) is 12.8. The molecule has 2 atom stereocenters. The van der Waals surface area contributed by atoms with Crippen LogP contribution < -0.4 is 20.9 Å². The molecule has 1 aromatic carbocycles. The fraction of sp³-hybridized carbons (Fsp3) is 0.556. The molecule has 0 saturated heterocycles. The Labute approximate surface area is 165 Å². The molecule has 0 bridgehead atoms. The number of nitrogens with one attached hydrogen (secondary N) is 4. The lowest BCUT2D eigenvalue weighted by molar-refractivity contribution is 0.0943. The molecule has 27 heavy (non-hydrogen) atoms. The summed E-state index contributed by atoms with van der Waals surface area (Å²) in [6, 6.07) is 6.19. The van der Waals surface area contributed by atoms with E-state index in [0.29, 0.717) is 22.6 Å². The summed E-state index contributed by atoms with van der Waals surface area (Å²) in [4.78, 5) is 12.4. The lowest BCUT2D eigenvalue weighted by Gasteiger charge is -2.30. The zero-order valence-electron chi connectivity index (χ0n) is 15.3. The van der Waals surface area contributed by atoms with Crippen LogP contribution in [0.15, 0.2) is 29.2 Å². The summed E-state index contributed by atoms with van der Waals surface area (Å²) < 4.78 is 26.9. The Morgan fingerprint density at radius 1 is 1.04 bits per heavy atom. The van der Waals surface area contributed by atoms with Crippen LogP contribution in [0.5, 0.6) is 0 Å². The van der Waals surface area contributed by atoms with E-state index in [-0.39, 0.29) is 16.8 Å². The molecular weight excluding hydrogens is 384 g/mol. The Morgan fingerprint density at radius 3 is 2.33 bits per heavy atom. The van der Waals surface area contributed by atoms with Gasteiger partial charge in [-0.2, -0.15) is 0 Å². The number of hydrogen-bond donors (Lipinski definition) is 4. The van der Waals surface area contributed by atoms with Gasteiger partial charge in [-0.25, -0.2) is 13.1 Å². The van der Waals surface area contributed by atoms with Crippen LogP contribution in [0.25, 0.3) is 0 Å². The van der Waals surface area contributed by atoms with Crippen LogP contribution in [0.2, 0.25) is 0 Å². The minimum absolute atomic E-state index is 0.0440. The number of sulfonamides is 1. The van der Waals surface area contributed by atoms with Gasteiger partial charge in [-0.1, -0.05) is 19.8 Å². The molecular formula is C18H26N4O3S2. The minimum atomic E-state index is -3.52. The number of hydrogen-bond acceptors (Lipinski definition) is 4. The molecule has 3 rings (SSSR count). The van der Waals surface area contributed by atoms with Crippen LogP contribution in [-0.4, -0.2) is 31.5 Å². The molecule has 2 unspecified atom stereocenters. The van der Waals surface area contributed by atoms with Gasteiger partial charge in [-0.3, -0.25) is 15.6 Å². The number of rotatable bonds is 5. The molecule has 4 N–H and O–H groups in total. The zero-order chi connectivity index (χ0) is 19.4. The van der Waals surface area contributed by atoms with Gasteiger partial charge >= 0.3 is 0 Å². The Kier molecular flexibility index (Phi) is 6.33. The van der Waals surface area contributed by atoms with E-state index >= 15 is 0 Å². The topological polar surface area (TPSA) is 99.3 Å². The molecule has 7 nitrogen and oxygen atoms in total. The molecule has 148 valence electrons. The van der Waals surface area contributed by atoms with Gasteiger partial charge in [0, 0.05) is 17.6 Å². The van der Waals surface area contributed by atoms with Gasteiger partial charge in [0.1, 0.15) is 0 Å². The molecule has 0 radical (unpaired) electrons. The van der Waals surface area contributed by atoms with Crippen molar-refractivity contribution in [3.05, 3.63) is 29.8 Å². The van der Waals surface area contributed by atoms with E-state index in [0.717, 1.165) is 19.3 Å². The van der Waals surface area contributed by atoms with Crippen molar-refractivity contribution in [2.45, 2.75) is 62.4 Å². The summed E-state index contributed by atoms with van der Waals surface area (Å²) >= 11 is 5.25. The Balaban J connectivity index is 1.49. The van der Waals surface area contributed by atoms with Crippen LogP contribution in [0.3, 0.4) is 0 Å². The SMILES string of the molecule is CC1CCCCC1NC(=S)NNC(=O)c1ccc(S(=O)(=O)NC2CC2)cc1. The first-order valence-corrected chi connectivity index (χ1v) is 11.2. The molecule has 2 fully saturated rings. The van der Waals surface area contributed by atoms with Crippen molar-refractivity contribution in [1.29, 1.82) is 0 Å². The van der Waals surface area contributed by atoms with E-state index in [9.17, 15) is 13.2 Å². The minimum Gasteiger partial charge on any atom is -0.358 e. The predicted molar refractivity (Wildman–Crippen MR) is 108 cm³/mol. The standard InChI is InChI=1S/C18H26N4O3S2/c1-12-4-2-3-5-16(12)19-18(26)21-20-17(23)13-6-10-15(11-7-13)27(24,25)22-14-8-9-14/h6-7,10-12,14,16,22H,2-5,8-9H2,1H3,(H,20,23)(H2,19,21,26). The average Bonchev–Trinajstić information content (AvgIpc) is 3.45. The number of benzene rings is 1. The summed E-state index contributed by atoms with van der Waals surface area (Å²) in [5.74, 6) is 0.169. The molecule has 9 heteroatoms. The van der Waals surface area contributed by atoms with Gasteiger partial charge in [0.15, 0.2) is 5.11 Å². The second kappa shape index (κ2) is 8.53. The summed E-state index contributed by atoms with van der Waals surface area (Å²) in [6.45, 7) is 2.20. The predicted octanol–water partition coefficient (Wildman–Crippen LogP) is 1.81. The quantitative estimate of drug-likeness (QED) is 0.437. The number of thiocarbonyl (C=S) groups is 1. The van der Waals surface area contributed by atoms with Crippen LogP contribution in [0.4, 0.5) is 0 Å². The van der Waals surface area contributed by atoms with Gasteiger partial charge < -0.3 is 5.32 Å². The van der Waals surface area contributed by atoms with Gasteiger partial charge in [0.2, 0.25) is 10.0 Å². The van der Waals surface area contributed by atoms with Crippen LogP contribution in [0.1, 0.15) is 55.8 Å². The van der Waals surface area contributed by atoms with E-state index in [1.54, 1.807) is 0 Å². The molecule has 0 aliphatic heterocycles. The van der Waals surface area contributed by atoms with Crippen molar-refractivity contribution in [3.63, 3.8) is 0 Å². The van der Waals surface area contributed by atoms with Crippen molar-refractivity contribution < 1.29 is 13.2 Å². The molecule has 0 aromatic heterocycles. The molecule has 0 heterocycles. The maximum atomic E-state index is 12.2. The Bertz CT molecular complexity index is 791. The number of amides is 1. The van der Waals surface area contributed by atoms with Crippen molar-refractivity contribution in [2.75, 3.05) is 0 Å². The Morgan fingerprint density at radius 2 is 1.70 bits per heavy atom. The third kappa shape index (κ3) is 5.63. The highest BCUT2D eigenvalue weighted by Gasteiger charge is 2.28. The average molecular weight is 411 g/mol. The summed E-state index contributed by atoms with van der Waals surface area (Å²) in [5.41, 5.74) is 5.61. The van der Waals surface area contributed by atoms with Crippen LogP contribution in [0, 0.1) is 5.92 Å². The molecule has 1 amide bonds. The van der Waals surface area contributed by atoms with Crippen molar-refractivity contribution in [2.24, 2.45) is 5.92 Å². The normalized spacial score (nSPS) is 22.7. The number of carbonyl (C=O) groups excluding carboxylic acids is 1. The second-order valence-electron chi connectivity index (χ2n) is 7.34. The van der Waals surface area contributed by atoms with E-state index < -0.39 is 10.0 Å². The van der Waals surface area contributed by atoms with Crippen molar-refractivity contribution in [1.82, 2.24) is 20.9 Å². The smallest absolute Gasteiger partial charge is 0.269 e. The van der Waals surface area contributed by atoms with Crippen LogP contribution in [-0.2, 0) is 10.0 Å². The van der Waals surface area contributed by atoms with E-state index in [1.165, 1.54) is 43.5 Å². The first-order valence-electron chi connectivity index (χ1n) is 9.34. The number of carbonyl (C=O) groups is 1. The fourth-order valence-corrected chi connectivity index (χ4v) is 4.70. The summed E-state index contributed by atoms with van der Waals surface area (Å²) in [6.07, 6.45) is 6.43. The fourth-order valence-electron chi connectivity index (χ4n) is 3.19. The van der Waals surface area contributed by atoms with E-state index in [4.69, 9.17) is 12.2 Å². The summed E-state index contributed by atoms with van der Waals surface area (Å²) in [5, 5.41) is 3.63. The highest BCUT2D eigenvalue weighted by molar-refractivity contribution is 7.89. The van der Waals surface area contributed by atoms with Crippen molar-refractivity contribution >= 4 is 33.3 Å². The van der Waals surface area contributed by atoms with Gasteiger partial charge in [0.25, 0.3) is 5.91 Å². The molecule has 2 aliphatic rings. The monoisotopic (exact) mass is 410 g/mol. The van der Waals surface area contributed by atoms with E-state index in [2.05, 4.69) is 27.8 Å². The maximum Gasteiger partial charge on any atom is 0.269 e. The zero-order valence-corrected chi connectivity index (χ0v) is 17.0. The van der Waals surface area contributed by atoms with Gasteiger partial charge in [-0.15, -0.1) is 0 Å². The second-order valence-corrected chi connectivity index (χ2v) is 9.46. The third-order valence-corrected chi connectivity index (χ3v) is 6.80. The molecule has 2 aliphatic carbocycles. The lowest BCUT2D eigenvalue weighted by Crippen LogP contribution is -2.51. The van der Waals surface area contributed by atoms with Crippen molar-refractivity contribution in [3.8, 4) is 0 Å². The third-order valence-electron chi connectivity index (χ3n) is 5.04. The first kappa shape index (κ1) is 20.0. The van der Waals surface area contributed by atoms with Gasteiger partial charge in [-0.05, 0) is 68.1 Å². The van der Waals surface area contributed by atoms with Crippen LogP contribution >= 0.6 is 12.2 Å². The Hall–Kier alpha value is -1.71. The van der Waals surface area contributed by atoms with Gasteiger partial charge in [0.05, 0.1) is 4.90 Å². The molecule has 0 spiro atoms. The molecule has 1 aromatic rings. The maximum absolute atomic E-state index is 12.2. The highest BCUT2D eigenvalue weighted by Crippen LogP contribution is 2.24. The highest BCUT2D eigenvalue weighted by atomic mass is 32.2.